The quantitative estimate of drug-likeness (QED) is 0.613. The summed E-state index contributed by atoms with van der Waals surface area (Å²) in [5.74, 6) is 0.790. The number of rotatable bonds is 10. The van der Waals surface area contributed by atoms with Crippen molar-refractivity contribution in [3.8, 4) is 0 Å². The molecule has 0 atom stereocenters. The van der Waals surface area contributed by atoms with Crippen molar-refractivity contribution in [2.24, 2.45) is 5.92 Å². The van der Waals surface area contributed by atoms with E-state index in [4.69, 9.17) is 4.52 Å². The van der Waals surface area contributed by atoms with Gasteiger partial charge in [0, 0.05) is 18.2 Å². The summed E-state index contributed by atoms with van der Waals surface area (Å²) in [7, 11) is 0. The minimum atomic E-state index is -0.293. The summed E-state index contributed by atoms with van der Waals surface area (Å²) in [4.78, 5) is 26.9. The Labute approximate surface area is 167 Å². The van der Waals surface area contributed by atoms with E-state index in [1.807, 2.05) is 38.1 Å². The van der Waals surface area contributed by atoms with Gasteiger partial charge in [0.2, 0.25) is 5.91 Å². The summed E-state index contributed by atoms with van der Waals surface area (Å²) in [5.41, 5.74) is 1.84. The highest BCUT2D eigenvalue weighted by atomic mass is 16.5. The first-order valence-electron chi connectivity index (χ1n) is 10.0. The van der Waals surface area contributed by atoms with E-state index >= 15 is 0 Å². The van der Waals surface area contributed by atoms with Crippen LogP contribution >= 0.6 is 0 Å². The SMILES string of the molecule is CCCCCc1ccc(C(=O)N(CC(=O)Nc2cc(C)on2)CC(C)C)cc1. The molecule has 0 aliphatic heterocycles. The lowest BCUT2D eigenvalue weighted by Gasteiger charge is -2.24. The third kappa shape index (κ3) is 6.83. The average Bonchev–Trinajstić information content (AvgIpc) is 3.05. The first kappa shape index (κ1) is 21.7. The number of aromatic nitrogens is 1. The van der Waals surface area contributed by atoms with Crippen molar-refractivity contribution in [2.75, 3.05) is 18.4 Å². The molecule has 2 aromatic rings. The molecule has 1 aromatic carbocycles. The fourth-order valence-electron chi connectivity index (χ4n) is 3.02. The number of benzene rings is 1. The van der Waals surface area contributed by atoms with E-state index in [0.29, 0.717) is 23.7 Å². The zero-order valence-corrected chi connectivity index (χ0v) is 17.3. The van der Waals surface area contributed by atoms with Gasteiger partial charge in [-0.1, -0.05) is 50.9 Å². The van der Waals surface area contributed by atoms with Crippen LogP contribution in [0, 0.1) is 12.8 Å². The second kappa shape index (κ2) is 10.6. The van der Waals surface area contributed by atoms with Gasteiger partial charge in [-0.2, -0.15) is 0 Å². The van der Waals surface area contributed by atoms with Crippen molar-refractivity contribution in [3.63, 3.8) is 0 Å². The van der Waals surface area contributed by atoms with Crippen molar-refractivity contribution in [1.29, 1.82) is 0 Å². The normalized spacial score (nSPS) is 10.9. The molecule has 1 aromatic heterocycles. The molecule has 1 heterocycles. The highest BCUT2D eigenvalue weighted by Crippen LogP contribution is 2.13. The Bertz CT molecular complexity index is 766. The van der Waals surface area contributed by atoms with Crippen molar-refractivity contribution >= 4 is 17.6 Å². The van der Waals surface area contributed by atoms with E-state index in [0.717, 1.165) is 12.8 Å². The fraction of sp³-hybridized carbons (Fsp3) is 0.500. The number of anilines is 1. The highest BCUT2D eigenvalue weighted by Gasteiger charge is 2.20. The first-order valence-corrected chi connectivity index (χ1v) is 10.0. The zero-order valence-electron chi connectivity index (χ0n) is 17.3. The van der Waals surface area contributed by atoms with Crippen LogP contribution in [0.2, 0.25) is 0 Å². The lowest BCUT2D eigenvalue weighted by atomic mass is 10.0. The summed E-state index contributed by atoms with van der Waals surface area (Å²) in [6, 6.07) is 9.37. The van der Waals surface area contributed by atoms with Crippen LogP contribution in [-0.2, 0) is 11.2 Å². The van der Waals surface area contributed by atoms with E-state index in [-0.39, 0.29) is 24.3 Å². The smallest absolute Gasteiger partial charge is 0.254 e. The predicted molar refractivity (Wildman–Crippen MR) is 110 cm³/mol. The van der Waals surface area contributed by atoms with Gasteiger partial charge in [-0.05, 0) is 43.4 Å². The Balaban J connectivity index is 2.02. The van der Waals surface area contributed by atoms with Crippen LogP contribution in [0.25, 0.3) is 0 Å². The molecule has 0 saturated carbocycles. The standard InChI is InChI=1S/C22H31N3O3/c1-5-6-7-8-18-9-11-19(12-10-18)22(27)25(14-16(2)3)15-21(26)23-20-13-17(4)28-24-20/h9-13,16H,5-8,14-15H2,1-4H3,(H,23,24,26). The molecule has 0 bridgehead atoms. The molecule has 28 heavy (non-hydrogen) atoms. The Morgan fingerprint density at radius 2 is 1.89 bits per heavy atom. The molecule has 0 spiro atoms. The number of carbonyl (C=O) groups excluding carboxylic acids is 2. The Morgan fingerprint density at radius 1 is 1.18 bits per heavy atom. The number of unbranched alkanes of at least 4 members (excludes halogenated alkanes) is 2. The molecule has 152 valence electrons. The van der Waals surface area contributed by atoms with E-state index in [1.54, 1.807) is 17.9 Å². The molecule has 0 aliphatic carbocycles. The minimum Gasteiger partial charge on any atom is -0.360 e. The topological polar surface area (TPSA) is 75.4 Å². The van der Waals surface area contributed by atoms with Gasteiger partial charge in [-0.3, -0.25) is 9.59 Å². The Kier molecular flexibility index (Phi) is 8.23. The molecular weight excluding hydrogens is 354 g/mol. The number of nitrogens with one attached hydrogen (secondary N) is 1. The van der Waals surface area contributed by atoms with Crippen molar-refractivity contribution in [3.05, 3.63) is 47.2 Å². The molecular formula is C22H31N3O3. The number of hydrogen-bond acceptors (Lipinski definition) is 4. The van der Waals surface area contributed by atoms with Crippen molar-refractivity contribution in [1.82, 2.24) is 10.1 Å². The van der Waals surface area contributed by atoms with Gasteiger partial charge < -0.3 is 14.7 Å². The monoisotopic (exact) mass is 385 g/mol. The summed E-state index contributed by atoms with van der Waals surface area (Å²) < 4.78 is 4.95. The number of hydrogen-bond donors (Lipinski definition) is 1. The maximum absolute atomic E-state index is 13.0. The Morgan fingerprint density at radius 3 is 2.46 bits per heavy atom. The maximum atomic E-state index is 13.0. The maximum Gasteiger partial charge on any atom is 0.254 e. The van der Waals surface area contributed by atoms with E-state index in [1.165, 1.54) is 18.4 Å². The van der Waals surface area contributed by atoms with Gasteiger partial charge >= 0.3 is 0 Å². The zero-order chi connectivity index (χ0) is 20.5. The summed E-state index contributed by atoms with van der Waals surface area (Å²) >= 11 is 0. The first-order chi connectivity index (χ1) is 13.4. The van der Waals surface area contributed by atoms with Gasteiger partial charge in [-0.15, -0.1) is 0 Å². The van der Waals surface area contributed by atoms with Crippen LogP contribution in [0.5, 0.6) is 0 Å². The Hall–Kier alpha value is -2.63. The molecule has 2 rings (SSSR count). The largest absolute Gasteiger partial charge is 0.360 e. The van der Waals surface area contributed by atoms with Gasteiger partial charge in [0.05, 0.1) is 0 Å². The van der Waals surface area contributed by atoms with Gasteiger partial charge in [0.15, 0.2) is 5.82 Å². The molecule has 0 radical (unpaired) electrons. The molecule has 0 fully saturated rings. The molecule has 6 heteroatoms. The van der Waals surface area contributed by atoms with Crippen molar-refractivity contribution in [2.45, 2.75) is 53.4 Å². The average molecular weight is 386 g/mol. The number of carbonyl (C=O) groups is 2. The number of nitrogens with zero attached hydrogens (tertiary/aromatic N) is 2. The second-order valence-corrected chi connectivity index (χ2v) is 7.60. The fourth-order valence-corrected chi connectivity index (χ4v) is 3.02. The lowest BCUT2D eigenvalue weighted by molar-refractivity contribution is -0.117. The molecule has 0 saturated heterocycles. The predicted octanol–water partition coefficient (Wildman–Crippen LogP) is 4.45. The van der Waals surface area contributed by atoms with Crippen LogP contribution in [0.4, 0.5) is 5.82 Å². The van der Waals surface area contributed by atoms with E-state index in [2.05, 4.69) is 17.4 Å². The lowest BCUT2D eigenvalue weighted by Crippen LogP contribution is -2.40. The number of aryl methyl sites for hydroxylation is 2. The second-order valence-electron chi connectivity index (χ2n) is 7.60. The molecule has 1 N–H and O–H groups in total. The van der Waals surface area contributed by atoms with Gasteiger partial charge in [0.25, 0.3) is 5.91 Å². The van der Waals surface area contributed by atoms with E-state index < -0.39 is 0 Å². The minimum absolute atomic E-state index is 0.0266. The molecule has 2 amide bonds. The summed E-state index contributed by atoms with van der Waals surface area (Å²) in [6.45, 7) is 8.46. The van der Waals surface area contributed by atoms with E-state index in [9.17, 15) is 9.59 Å². The van der Waals surface area contributed by atoms with Crippen LogP contribution in [0.3, 0.4) is 0 Å². The van der Waals surface area contributed by atoms with Crippen LogP contribution in [0.1, 0.15) is 61.7 Å². The molecule has 6 nitrogen and oxygen atoms in total. The van der Waals surface area contributed by atoms with Crippen LogP contribution < -0.4 is 5.32 Å². The van der Waals surface area contributed by atoms with Gasteiger partial charge in [-0.25, -0.2) is 0 Å². The van der Waals surface area contributed by atoms with Gasteiger partial charge in [0.1, 0.15) is 12.3 Å². The number of amides is 2. The van der Waals surface area contributed by atoms with Crippen molar-refractivity contribution < 1.29 is 14.1 Å². The molecule has 0 aliphatic rings. The highest BCUT2D eigenvalue weighted by molar-refractivity contribution is 5.99. The molecule has 0 unspecified atom stereocenters. The van der Waals surface area contributed by atoms with Crippen LogP contribution in [0.15, 0.2) is 34.9 Å². The third-order valence-electron chi connectivity index (χ3n) is 4.37. The van der Waals surface area contributed by atoms with Crippen LogP contribution in [-0.4, -0.2) is 35.0 Å². The summed E-state index contributed by atoms with van der Waals surface area (Å²) in [6.07, 6.45) is 4.59. The summed E-state index contributed by atoms with van der Waals surface area (Å²) in [5, 5.41) is 6.43. The third-order valence-corrected chi connectivity index (χ3v) is 4.37.